The topological polar surface area (TPSA) is 49.3 Å². The Kier molecular flexibility index (Phi) is 1.15. The van der Waals surface area contributed by atoms with Crippen LogP contribution in [0.3, 0.4) is 0 Å². The predicted molar refractivity (Wildman–Crippen MR) is 28.7 cm³/mol. The van der Waals surface area contributed by atoms with Gasteiger partial charge in [0.05, 0.1) is 0 Å². The predicted octanol–water partition coefficient (Wildman–Crippen LogP) is -0.177. The molecule has 0 aromatic carbocycles. The zero-order valence-electron chi connectivity index (χ0n) is 5.50. The van der Waals surface area contributed by atoms with Gasteiger partial charge in [-0.1, -0.05) is 0 Å². The van der Waals surface area contributed by atoms with Crippen LogP contribution in [0.1, 0.15) is 12.8 Å². The highest BCUT2D eigenvalue weighted by Gasteiger charge is 2.20. The molecule has 0 bridgehead atoms. The molecule has 1 aliphatic heterocycles. The molecule has 8 heavy (non-hydrogen) atoms. The van der Waals surface area contributed by atoms with Crippen LogP contribution in [-0.4, -0.2) is 23.7 Å². The van der Waals surface area contributed by atoms with Crippen molar-refractivity contribution in [2.24, 2.45) is 0 Å². The smallest absolute Gasteiger partial charge is 0.320 e. The van der Waals surface area contributed by atoms with E-state index in [1.807, 2.05) is 0 Å². The van der Waals surface area contributed by atoms with E-state index in [0.29, 0.717) is 13.0 Å². The lowest BCUT2D eigenvalue weighted by molar-refractivity contribution is -0.139. The van der Waals surface area contributed by atoms with Crippen LogP contribution in [0.15, 0.2) is 0 Å². The second kappa shape index (κ2) is 2.13. The van der Waals surface area contributed by atoms with Gasteiger partial charge in [0, 0.05) is 0 Å². The van der Waals surface area contributed by atoms with E-state index < -0.39 is 12.0 Å². The van der Waals surface area contributed by atoms with Crippen molar-refractivity contribution in [3.8, 4) is 0 Å². The molecular weight excluding hydrogens is 106 g/mol. The van der Waals surface area contributed by atoms with E-state index in [-0.39, 0.29) is 0 Å². The number of hydrogen-bond donors (Lipinski definition) is 2. The second-order valence-corrected chi connectivity index (χ2v) is 1.90. The molecule has 1 rings (SSSR count). The number of carboxylic acid groups (broad SMARTS) is 1. The number of carbonyl (C=O) groups is 1. The second-order valence-electron chi connectivity index (χ2n) is 1.90. The Labute approximate surface area is 49.2 Å². The fourth-order valence-electron chi connectivity index (χ4n) is 0.825. The molecule has 2 N–H and O–H groups in total. The third kappa shape index (κ3) is 0.980. The average Bonchev–Trinajstić information content (AvgIpc) is 2.13. The van der Waals surface area contributed by atoms with Crippen molar-refractivity contribution in [3.05, 3.63) is 0 Å². The first kappa shape index (κ1) is 4.32. The van der Waals surface area contributed by atoms with Gasteiger partial charge in [-0.05, 0) is 19.4 Å². The SMILES string of the molecule is [2H]N1CCC[C@H]1C(=O)O. The van der Waals surface area contributed by atoms with Gasteiger partial charge in [-0.15, -0.1) is 0 Å². The highest BCUT2D eigenvalue weighted by Crippen LogP contribution is 2.03. The van der Waals surface area contributed by atoms with E-state index >= 15 is 0 Å². The summed E-state index contributed by atoms with van der Waals surface area (Å²) in [6.07, 6.45) is 1.46. The van der Waals surface area contributed by atoms with Crippen LogP contribution in [0.2, 0.25) is 1.41 Å². The van der Waals surface area contributed by atoms with Crippen LogP contribution in [0.25, 0.3) is 0 Å². The first-order chi connectivity index (χ1) is 4.22. The van der Waals surface area contributed by atoms with Crippen LogP contribution < -0.4 is 5.31 Å². The summed E-state index contributed by atoms with van der Waals surface area (Å²) in [5, 5.41) is 9.55. The summed E-state index contributed by atoms with van der Waals surface area (Å²) in [7, 11) is 0. The van der Waals surface area contributed by atoms with Gasteiger partial charge in [-0.2, -0.15) is 0 Å². The maximum atomic E-state index is 10.3. The minimum Gasteiger partial charge on any atom is -0.480 e. The van der Waals surface area contributed by atoms with Gasteiger partial charge in [0.1, 0.15) is 7.45 Å². The molecule has 0 aromatic rings. The van der Waals surface area contributed by atoms with Crippen molar-refractivity contribution in [3.63, 3.8) is 0 Å². The Morgan fingerprint density at radius 2 is 2.75 bits per heavy atom. The first-order valence-electron chi connectivity index (χ1n) is 3.15. The summed E-state index contributed by atoms with van der Waals surface area (Å²) < 4.78 is 7.07. The monoisotopic (exact) mass is 116 g/mol. The summed E-state index contributed by atoms with van der Waals surface area (Å²) >= 11 is 0. The van der Waals surface area contributed by atoms with Crippen molar-refractivity contribution in [1.82, 2.24) is 5.31 Å². The Hall–Kier alpha value is -0.570. The lowest BCUT2D eigenvalue weighted by Gasteiger charge is -1.99. The highest BCUT2D eigenvalue weighted by atomic mass is 16.4. The van der Waals surface area contributed by atoms with Crippen molar-refractivity contribution >= 4 is 5.97 Å². The molecule has 0 saturated carbocycles. The van der Waals surface area contributed by atoms with Crippen molar-refractivity contribution in [2.75, 3.05) is 6.54 Å². The number of aliphatic carboxylic acids is 1. The summed E-state index contributed by atoms with van der Waals surface area (Å²) in [4.78, 5) is 10.3. The number of rotatable bonds is 1. The summed E-state index contributed by atoms with van der Waals surface area (Å²) in [5.74, 6) is -0.873. The van der Waals surface area contributed by atoms with Gasteiger partial charge in [-0.25, -0.2) is 0 Å². The Balaban J connectivity index is 2.49. The van der Waals surface area contributed by atoms with Crippen LogP contribution in [-0.2, 0) is 4.79 Å². The quantitative estimate of drug-likeness (QED) is 0.499. The zero-order chi connectivity index (χ0) is 6.85. The third-order valence-corrected chi connectivity index (χ3v) is 1.27. The number of carboxylic acids is 1. The fourth-order valence-corrected chi connectivity index (χ4v) is 0.825. The molecule has 0 amide bonds. The lowest BCUT2D eigenvalue weighted by Crippen LogP contribution is -2.29. The van der Waals surface area contributed by atoms with Crippen LogP contribution in [0.4, 0.5) is 0 Å². The molecular formula is C5H9NO2. The number of hydrogen-bond acceptors (Lipinski definition) is 2. The molecule has 1 atom stereocenters. The highest BCUT2D eigenvalue weighted by molar-refractivity contribution is 5.73. The largest absolute Gasteiger partial charge is 0.480 e. The van der Waals surface area contributed by atoms with Gasteiger partial charge >= 0.3 is 5.97 Å². The molecule has 1 heterocycles. The normalized spacial score (nSPS) is 32.5. The molecule has 0 aliphatic carbocycles. The molecule has 3 nitrogen and oxygen atoms in total. The van der Waals surface area contributed by atoms with Crippen LogP contribution >= 0.6 is 0 Å². The van der Waals surface area contributed by atoms with Gasteiger partial charge in [0.25, 0.3) is 0 Å². The minimum atomic E-state index is -0.873. The van der Waals surface area contributed by atoms with E-state index in [0.717, 1.165) is 11.7 Å². The number of nitrogens with one attached hydrogen (secondary N) is 1. The summed E-state index contributed by atoms with van der Waals surface area (Å²) in [6, 6.07) is -0.551. The maximum Gasteiger partial charge on any atom is 0.320 e. The summed E-state index contributed by atoms with van der Waals surface area (Å²) in [6.45, 7) is 0.594. The van der Waals surface area contributed by atoms with E-state index in [4.69, 9.17) is 6.52 Å². The van der Waals surface area contributed by atoms with Crippen LogP contribution in [0.5, 0.6) is 0 Å². The molecule has 0 aromatic heterocycles. The van der Waals surface area contributed by atoms with E-state index in [2.05, 4.69) is 0 Å². The molecule has 1 aliphatic rings. The molecule has 3 heteroatoms. The van der Waals surface area contributed by atoms with E-state index in [1.54, 1.807) is 0 Å². The minimum absolute atomic E-state index is 0.551. The Morgan fingerprint density at radius 3 is 3.00 bits per heavy atom. The van der Waals surface area contributed by atoms with E-state index in [1.165, 1.54) is 0 Å². The average molecular weight is 116 g/mol. The van der Waals surface area contributed by atoms with Crippen molar-refractivity contribution in [1.29, 1.82) is 0 Å². The van der Waals surface area contributed by atoms with Gasteiger partial charge in [0.15, 0.2) is 0 Å². The molecule has 1 fully saturated rings. The van der Waals surface area contributed by atoms with E-state index in [9.17, 15) is 4.79 Å². The summed E-state index contributed by atoms with van der Waals surface area (Å²) in [5.41, 5.74) is 0. The maximum absolute atomic E-state index is 10.3. The van der Waals surface area contributed by atoms with Gasteiger partial charge in [0.2, 0.25) is 0 Å². The third-order valence-electron chi connectivity index (χ3n) is 1.27. The first-order valence-corrected chi connectivity index (χ1v) is 2.70. The molecule has 0 radical (unpaired) electrons. The molecule has 0 spiro atoms. The zero-order valence-corrected chi connectivity index (χ0v) is 4.50. The van der Waals surface area contributed by atoms with Crippen molar-refractivity contribution in [2.45, 2.75) is 18.9 Å². The van der Waals surface area contributed by atoms with Gasteiger partial charge in [-0.3, -0.25) is 4.79 Å². The van der Waals surface area contributed by atoms with Crippen LogP contribution in [0, 0.1) is 0 Å². The lowest BCUT2D eigenvalue weighted by atomic mass is 10.2. The molecule has 1 saturated heterocycles. The fraction of sp³-hybridized carbons (Fsp3) is 0.800. The Bertz CT molecular complexity index is 128. The standard InChI is InChI=1S/C5H9NO2/c7-5(8)4-2-1-3-6-4/h4,6H,1-3H2,(H,7,8)/t4-/m0/s1/i/hD. The molecule has 46 valence electrons. The Morgan fingerprint density at radius 1 is 2.00 bits per heavy atom. The van der Waals surface area contributed by atoms with Crippen molar-refractivity contribution < 1.29 is 11.3 Å². The van der Waals surface area contributed by atoms with Gasteiger partial charge < -0.3 is 10.4 Å². The molecule has 0 unspecified atom stereocenters.